The molecule has 4 heteroatoms. The van der Waals surface area contributed by atoms with Crippen molar-refractivity contribution in [3.05, 3.63) is 29.7 Å². The van der Waals surface area contributed by atoms with E-state index in [0.29, 0.717) is 0 Å². The van der Waals surface area contributed by atoms with Gasteiger partial charge in [-0.05, 0) is 38.0 Å². The lowest BCUT2D eigenvalue weighted by Crippen LogP contribution is -2.15. The zero-order chi connectivity index (χ0) is 11.8. The van der Waals surface area contributed by atoms with E-state index in [1.165, 1.54) is 6.07 Å². The summed E-state index contributed by atoms with van der Waals surface area (Å²) in [6.45, 7) is 3.52. The summed E-state index contributed by atoms with van der Waals surface area (Å²) in [6, 6.07) is 4.82. The Bertz CT molecular complexity index is 544. The van der Waals surface area contributed by atoms with E-state index in [0.717, 1.165) is 42.6 Å². The number of benzene rings is 1. The Kier molecular flexibility index (Phi) is 2.59. The van der Waals surface area contributed by atoms with Crippen LogP contribution in [0.2, 0.25) is 0 Å². The van der Waals surface area contributed by atoms with Gasteiger partial charge in [0.1, 0.15) is 5.82 Å². The van der Waals surface area contributed by atoms with Crippen LogP contribution >= 0.6 is 0 Å². The molecule has 0 bridgehead atoms. The van der Waals surface area contributed by atoms with Crippen LogP contribution in [0.4, 0.5) is 4.39 Å². The molecule has 1 aliphatic heterocycles. The van der Waals surface area contributed by atoms with E-state index in [1.54, 1.807) is 12.1 Å². The number of nitrogens with zero attached hydrogens (tertiary/aromatic N) is 2. The molecule has 0 spiro atoms. The third-order valence-corrected chi connectivity index (χ3v) is 3.30. The third-order valence-electron chi connectivity index (χ3n) is 3.30. The Morgan fingerprint density at radius 1 is 1.53 bits per heavy atom. The fourth-order valence-electron chi connectivity index (χ4n) is 2.43. The minimum absolute atomic E-state index is 0.211. The van der Waals surface area contributed by atoms with E-state index in [9.17, 15) is 4.39 Å². The molecule has 1 unspecified atom stereocenters. The molecular weight excluding hydrogens is 219 g/mol. The Labute approximate surface area is 99.2 Å². The lowest BCUT2D eigenvalue weighted by Gasteiger charge is -2.10. The van der Waals surface area contributed by atoms with Gasteiger partial charge >= 0.3 is 0 Å². The monoisotopic (exact) mass is 234 g/mol. The minimum Gasteiger partial charge on any atom is -0.376 e. The van der Waals surface area contributed by atoms with Crippen molar-refractivity contribution < 1.29 is 9.13 Å². The van der Waals surface area contributed by atoms with Gasteiger partial charge in [-0.1, -0.05) is 0 Å². The van der Waals surface area contributed by atoms with Crippen molar-refractivity contribution in [2.75, 3.05) is 6.61 Å². The normalized spacial score (nSPS) is 20.2. The molecule has 0 saturated carbocycles. The summed E-state index contributed by atoms with van der Waals surface area (Å²) in [7, 11) is 0. The second-order valence-electron chi connectivity index (χ2n) is 4.56. The van der Waals surface area contributed by atoms with Gasteiger partial charge in [-0.2, -0.15) is 5.10 Å². The predicted octanol–water partition coefficient (Wildman–Crippen LogP) is 2.66. The first-order valence-corrected chi connectivity index (χ1v) is 5.98. The summed E-state index contributed by atoms with van der Waals surface area (Å²) < 4.78 is 20.7. The predicted molar refractivity (Wildman–Crippen MR) is 63.4 cm³/mol. The lowest BCUT2D eigenvalue weighted by molar-refractivity contribution is 0.0950. The number of halogens is 1. The molecule has 2 aromatic rings. The second-order valence-corrected chi connectivity index (χ2v) is 4.56. The molecule has 17 heavy (non-hydrogen) atoms. The van der Waals surface area contributed by atoms with Crippen molar-refractivity contribution >= 4 is 10.9 Å². The van der Waals surface area contributed by atoms with Crippen molar-refractivity contribution in [2.45, 2.75) is 32.4 Å². The Morgan fingerprint density at radius 2 is 2.41 bits per heavy atom. The lowest BCUT2D eigenvalue weighted by atomic mass is 10.2. The number of aromatic nitrogens is 2. The number of hydrogen-bond acceptors (Lipinski definition) is 2. The Morgan fingerprint density at radius 3 is 3.18 bits per heavy atom. The van der Waals surface area contributed by atoms with Crippen molar-refractivity contribution in [1.29, 1.82) is 0 Å². The fraction of sp³-hybridized carbons (Fsp3) is 0.462. The van der Waals surface area contributed by atoms with E-state index in [1.807, 2.05) is 11.6 Å². The van der Waals surface area contributed by atoms with Crippen LogP contribution in [0.3, 0.4) is 0 Å². The number of rotatable bonds is 2. The highest BCUT2D eigenvalue weighted by molar-refractivity contribution is 5.81. The van der Waals surface area contributed by atoms with E-state index in [2.05, 4.69) is 5.10 Å². The zero-order valence-corrected chi connectivity index (χ0v) is 9.82. The van der Waals surface area contributed by atoms with Crippen LogP contribution in [-0.2, 0) is 11.3 Å². The minimum atomic E-state index is -0.211. The summed E-state index contributed by atoms with van der Waals surface area (Å²) >= 11 is 0. The summed E-state index contributed by atoms with van der Waals surface area (Å²) in [5.41, 5.74) is 1.86. The Balaban J connectivity index is 1.98. The first-order chi connectivity index (χ1) is 8.24. The Hall–Kier alpha value is -1.42. The van der Waals surface area contributed by atoms with Crippen LogP contribution in [-0.4, -0.2) is 22.5 Å². The molecule has 3 rings (SSSR count). The molecule has 0 amide bonds. The van der Waals surface area contributed by atoms with Crippen molar-refractivity contribution in [3.8, 4) is 0 Å². The number of hydrogen-bond donors (Lipinski definition) is 0. The van der Waals surface area contributed by atoms with Crippen molar-refractivity contribution in [1.82, 2.24) is 9.78 Å². The highest BCUT2D eigenvalue weighted by atomic mass is 19.1. The van der Waals surface area contributed by atoms with Crippen LogP contribution in [0, 0.1) is 12.7 Å². The fourth-order valence-corrected chi connectivity index (χ4v) is 2.43. The summed E-state index contributed by atoms with van der Waals surface area (Å²) in [5.74, 6) is -0.211. The molecule has 1 aromatic heterocycles. The van der Waals surface area contributed by atoms with Gasteiger partial charge in [0.25, 0.3) is 0 Å². The first kappa shape index (κ1) is 10.7. The topological polar surface area (TPSA) is 27.1 Å². The van der Waals surface area contributed by atoms with Gasteiger partial charge < -0.3 is 4.74 Å². The van der Waals surface area contributed by atoms with Gasteiger partial charge in [-0.25, -0.2) is 4.39 Å². The quantitative estimate of drug-likeness (QED) is 0.798. The van der Waals surface area contributed by atoms with Gasteiger partial charge in [-0.3, -0.25) is 4.68 Å². The van der Waals surface area contributed by atoms with Crippen LogP contribution in [0.1, 0.15) is 18.5 Å². The van der Waals surface area contributed by atoms with Gasteiger partial charge in [0.15, 0.2) is 0 Å². The molecule has 1 saturated heterocycles. The number of aryl methyl sites for hydroxylation is 1. The molecule has 1 fully saturated rings. The first-order valence-electron chi connectivity index (χ1n) is 5.98. The van der Waals surface area contributed by atoms with Crippen LogP contribution in [0.5, 0.6) is 0 Å². The third kappa shape index (κ3) is 1.93. The average Bonchev–Trinajstić information content (AvgIpc) is 2.89. The SMILES string of the molecule is Cc1nn(CC2CCCO2)c2ccc(F)cc12. The summed E-state index contributed by atoms with van der Waals surface area (Å²) in [4.78, 5) is 0. The molecule has 0 N–H and O–H groups in total. The molecule has 1 atom stereocenters. The maximum absolute atomic E-state index is 13.2. The highest BCUT2D eigenvalue weighted by Crippen LogP contribution is 2.21. The van der Waals surface area contributed by atoms with Crippen molar-refractivity contribution in [2.24, 2.45) is 0 Å². The molecule has 0 aliphatic carbocycles. The number of ether oxygens (including phenoxy) is 1. The molecule has 2 heterocycles. The molecule has 3 nitrogen and oxygen atoms in total. The summed E-state index contributed by atoms with van der Waals surface area (Å²) in [6.07, 6.45) is 2.46. The van der Waals surface area contributed by atoms with Gasteiger partial charge in [0.05, 0.1) is 23.9 Å². The molecule has 0 radical (unpaired) electrons. The maximum Gasteiger partial charge on any atom is 0.124 e. The van der Waals surface area contributed by atoms with Crippen molar-refractivity contribution in [3.63, 3.8) is 0 Å². The highest BCUT2D eigenvalue weighted by Gasteiger charge is 2.18. The van der Waals surface area contributed by atoms with Crippen LogP contribution in [0.15, 0.2) is 18.2 Å². The molecule has 1 aliphatic rings. The van der Waals surface area contributed by atoms with Gasteiger partial charge in [0.2, 0.25) is 0 Å². The largest absolute Gasteiger partial charge is 0.376 e. The van der Waals surface area contributed by atoms with E-state index in [4.69, 9.17) is 4.74 Å². The number of fused-ring (bicyclic) bond motifs is 1. The summed E-state index contributed by atoms with van der Waals surface area (Å²) in [5, 5.41) is 5.36. The van der Waals surface area contributed by atoms with Gasteiger partial charge in [0, 0.05) is 12.0 Å². The average molecular weight is 234 g/mol. The van der Waals surface area contributed by atoms with E-state index >= 15 is 0 Å². The van der Waals surface area contributed by atoms with E-state index < -0.39 is 0 Å². The van der Waals surface area contributed by atoms with Crippen LogP contribution in [0.25, 0.3) is 10.9 Å². The zero-order valence-electron chi connectivity index (χ0n) is 9.82. The molecule has 90 valence electrons. The second kappa shape index (κ2) is 4.11. The van der Waals surface area contributed by atoms with Crippen LogP contribution < -0.4 is 0 Å². The standard InChI is InChI=1S/C13H15FN2O/c1-9-12-7-10(14)4-5-13(12)16(15-9)8-11-3-2-6-17-11/h4-5,7,11H,2-3,6,8H2,1H3. The van der Waals surface area contributed by atoms with E-state index in [-0.39, 0.29) is 11.9 Å². The smallest absolute Gasteiger partial charge is 0.124 e. The molecule has 1 aromatic carbocycles. The maximum atomic E-state index is 13.2. The van der Waals surface area contributed by atoms with Gasteiger partial charge in [-0.15, -0.1) is 0 Å². The molecular formula is C13H15FN2O.